The number of hydrogen-bond donors (Lipinski definition) is 3. The lowest BCUT2D eigenvalue weighted by atomic mass is 10.1. The van der Waals surface area contributed by atoms with Gasteiger partial charge in [0.1, 0.15) is 17.3 Å². The molecule has 1 fully saturated rings. The molecule has 0 saturated heterocycles. The van der Waals surface area contributed by atoms with E-state index in [2.05, 4.69) is 41.6 Å². The molecule has 1 saturated carbocycles. The van der Waals surface area contributed by atoms with Gasteiger partial charge in [0.25, 0.3) is 0 Å². The van der Waals surface area contributed by atoms with E-state index in [9.17, 15) is 4.79 Å². The quantitative estimate of drug-likeness (QED) is 0.184. The molecule has 0 atom stereocenters. The average molecular weight is 648 g/mol. The number of allylic oxidation sites excluding steroid dienone is 2. The molecule has 3 N–H and O–H groups in total. The zero-order valence-corrected chi connectivity index (χ0v) is 27.8. The topological polar surface area (TPSA) is 84.5 Å². The number of fused-ring (bicyclic) bond motifs is 1. The number of aryl methyl sites for hydroxylation is 1. The molecule has 7 nitrogen and oxygen atoms in total. The van der Waals surface area contributed by atoms with Crippen LogP contribution in [0.15, 0.2) is 54.3 Å². The molecule has 0 unspecified atom stereocenters. The Bertz CT molecular complexity index is 1750. The zero-order chi connectivity index (χ0) is 32.1. The highest BCUT2D eigenvalue weighted by Crippen LogP contribution is 2.45. The number of benzene rings is 2. The molecule has 0 spiro atoms. The third-order valence-corrected chi connectivity index (χ3v) is 9.34. The van der Waals surface area contributed by atoms with Crippen LogP contribution >= 0.6 is 23.2 Å². The number of nitrogens with zero attached hydrogens (tertiary/aromatic N) is 1. The number of hydrogen-bond acceptors (Lipinski definition) is 6. The van der Waals surface area contributed by atoms with Crippen LogP contribution in [0.2, 0.25) is 10.0 Å². The smallest absolute Gasteiger partial charge is 0.247 e. The predicted octanol–water partition coefficient (Wildman–Crippen LogP) is 7.85. The summed E-state index contributed by atoms with van der Waals surface area (Å²) in [5.74, 6) is 1.99. The van der Waals surface area contributed by atoms with Crippen molar-refractivity contribution in [1.82, 2.24) is 4.98 Å². The van der Waals surface area contributed by atoms with Crippen LogP contribution < -0.4 is 35.9 Å². The van der Waals surface area contributed by atoms with Crippen LogP contribution in [-0.2, 0) is 4.79 Å². The van der Waals surface area contributed by atoms with Crippen molar-refractivity contribution in [3.8, 4) is 22.8 Å². The van der Waals surface area contributed by atoms with Crippen molar-refractivity contribution < 1.29 is 14.3 Å². The third-order valence-electron chi connectivity index (χ3n) is 8.59. The van der Waals surface area contributed by atoms with Crippen LogP contribution in [0.3, 0.4) is 0 Å². The van der Waals surface area contributed by atoms with E-state index in [4.69, 9.17) is 37.7 Å². The van der Waals surface area contributed by atoms with Crippen molar-refractivity contribution in [3.63, 3.8) is 0 Å². The lowest BCUT2D eigenvalue weighted by Crippen LogP contribution is -2.31. The molecule has 0 aliphatic heterocycles. The second-order valence-corrected chi connectivity index (χ2v) is 12.2. The van der Waals surface area contributed by atoms with Crippen molar-refractivity contribution >= 4 is 58.5 Å². The van der Waals surface area contributed by atoms with Gasteiger partial charge in [-0.1, -0.05) is 67.8 Å². The van der Waals surface area contributed by atoms with E-state index >= 15 is 0 Å². The maximum absolute atomic E-state index is 12.2. The van der Waals surface area contributed by atoms with Crippen molar-refractivity contribution in [2.45, 2.75) is 52.4 Å². The SMILES string of the molecule is C=CC(=O)Nc1cccc(C)c1NC1=C(CC)CC=c2cc(-c3c(Cl)c(OC)cc(OC)c3Cl)nc(NCC3CCCC3)c2=C1. The Labute approximate surface area is 275 Å². The Morgan fingerprint density at radius 1 is 1.11 bits per heavy atom. The molecular formula is C36H40Cl2N4O3. The van der Waals surface area contributed by atoms with Gasteiger partial charge in [0.15, 0.2) is 0 Å². The van der Waals surface area contributed by atoms with Crippen LogP contribution in [0.4, 0.5) is 17.2 Å². The van der Waals surface area contributed by atoms with Crippen LogP contribution in [0.5, 0.6) is 11.5 Å². The molecule has 2 aliphatic rings. The van der Waals surface area contributed by atoms with E-state index < -0.39 is 0 Å². The van der Waals surface area contributed by atoms with Gasteiger partial charge in [0.05, 0.1) is 41.3 Å². The van der Waals surface area contributed by atoms with E-state index in [0.717, 1.165) is 52.6 Å². The monoisotopic (exact) mass is 646 g/mol. The molecule has 236 valence electrons. The molecule has 0 radical (unpaired) electrons. The number of methoxy groups -OCH3 is 2. The fraction of sp³-hybridized carbons (Fsp3) is 0.333. The van der Waals surface area contributed by atoms with E-state index in [1.165, 1.54) is 37.3 Å². The lowest BCUT2D eigenvalue weighted by Gasteiger charge is -2.19. The zero-order valence-electron chi connectivity index (χ0n) is 26.3. The number of anilines is 3. The van der Waals surface area contributed by atoms with Crippen LogP contribution in [0.1, 0.15) is 51.0 Å². The largest absolute Gasteiger partial charge is 0.495 e. The van der Waals surface area contributed by atoms with Gasteiger partial charge in [0.2, 0.25) is 5.91 Å². The normalized spacial score (nSPS) is 14.5. The van der Waals surface area contributed by atoms with Gasteiger partial charge in [-0.15, -0.1) is 0 Å². The van der Waals surface area contributed by atoms with Gasteiger partial charge in [-0.3, -0.25) is 4.79 Å². The number of ether oxygens (including phenoxy) is 2. The maximum atomic E-state index is 12.2. The fourth-order valence-corrected chi connectivity index (χ4v) is 6.72. The number of amides is 1. The summed E-state index contributed by atoms with van der Waals surface area (Å²) in [6.07, 6.45) is 12.1. The predicted molar refractivity (Wildman–Crippen MR) is 187 cm³/mol. The summed E-state index contributed by atoms with van der Waals surface area (Å²) in [6.45, 7) is 8.60. The Balaban J connectivity index is 1.68. The first kappa shape index (κ1) is 32.5. The molecule has 1 amide bonds. The summed E-state index contributed by atoms with van der Waals surface area (Å²) in [5.41, 5.74) is 5.90. The Morgan fingerprint density at radius 2 is 1.82 bits per heavy atom. The number of pyridine rings is 1. The fourth-order valence-electron chi connectivity index (χ4n) is 6.03. The number of halogens is 2. The Kier molecular flexibility index (Phi) is 10.4. The molecule has 5 rings (SSSR count). The van der Waals surface area contributed by atoms with Gasteiger partial charge in [0, 0.05) is 29.1 Å². The second kappa shape index (κ2) is 14.4. The van der Waals surface area contributed by atoms with Crippen molar-refractivity contribution in [3.05, 3.63) is 80.3 Å². The van der Waals surface area contributed by atoms with Gasteiger partial charge in [-0.05, 0) is 79.2 Å². The first-order valence-corrected chi connectivity index (χ1v) is 16.1. The van der Waals surface area contributed by atoms with E-state index in [-0.39, 0.29) is 5.91 Å². The minimum absolute atomic E-state index is 0.265. The summed E-state index contributed by atoms with van der Waals surface area (Å²) in [6, 6.07) is 9.54. The maximum Gasteiger partial charge on any atom is 0.247 e. The van der Waals surface area contributed by atoms with Crippen LogP contribution in [0, 0.1) is 12.8 Å². The number of para-hydroxylation sites is 1. The highest BCUT2D eigenvalue weighted by atomic mass is 35.5. The first-order chi connectivity index (χ1) is 21.8. The third kappa shape index (κ3) is 7.00. The average Bonchev–Trinajstić information content (AvgIpc) is 3.50. The minimum atomic E-state index is -0.265. The van der Waals surface area contributed by atoms with Crippen molar-refractivity contribution in [1.29, 1.82) is 0 Å². The molecular weight excluding hydrogens is 607 g/mol. The number of carbonyl (C=O) groups excluding carboxylic acids is 1. The number of aromatic nitrogens is 1. The highest BCUT2D eigenvalue weighted by molar-refractivity contribution is 6.41. The number of rotatable bonds is 11. The number of carbonyl (C=O) groups is 1. The molecule has 2 aromatic carbocycles. The molecule has 9 heteroatoms. The Morgan fingerprint density at radius 3 is 2.47 bits per heavy atom. The molecule has 45 heavy (non-hydrogen) atoms. The minimum Gasteiger partial charge on any atom is -0.495 e. The summed E-state index contributed by atoms with van der Waals surface area (Å²) in [4.78, 5) is 17.4. The van der Waals surface area contributed by atoms with Gasteiger partial charge < -0.3 is 25.4 Å². The van der Waals surface area contributed by atoms with E-state index in [0.29, 0.717) is 44.4 Å². The van der Waals surface area contributed by atoms with Crippen LogP contribution in [0.25, 0.3) is 23.4 Å². The van der Waals surface area contributed by atoms with E-state index in [1.54, 1.807) is 20.3 Å². The first-order valence-electron chi connectivity index (χ1n) is 15.4. The lowest BCUT2D eigenvalue weighted by molar-refractivity contribution is -0.111. The second-order valence-electron chi connectivity index (χ2n) is 11.4. The van der Waals surface area contributed by atoms with Crippen molar-refractivity contribution in [2.24, 2.45) is 5.92 Å². The molecule has 3 aromatic rings. The Hall–Kier alpha value is -3.94. The van der Waals surface area contributed by atoms with Gasteiger partial charge in [-0.2, -0.15) is 0 Å². The molecule has 0 bridgehead atoms. The van der Waals surface area contributed by atoms with Gasteiger partial charge in [-0.25, -0.2) is 4.98 Å². The molecule has 1 aromatic heterocycles. The summed E-state index contributed by atoms with van der Waals surface area (Å²) < 4.78 is 11.1. The highest BCUT2D eigenvalue weighted by Gasteiger charge is 2.22. The summed E-state index contributed by atoms with van der Waals surface area (Å²) in [7, 11) is 3.13. The van der Waals surface area contributed by atoms with E-state index in [1.807, 2.05) is 31.2 Å². The summed E-state index contributed by atoms with van der Waals surface area (Å²) in [5, 5.41) is 13.0. The van der Waals surface area contributed by atoms with Crippen LogP contribution in [-0.4, -0.2) is 31.7 Å². The van der Waals surface area contributed by atoms with Gasteiger partial charge >= 0.3 is 0 Å². The standard InChI is InChI=1S/C36H40Cl2N4O3/c1-6-23-15-16-24-17-28(32-33(37)29(44-4)19-30(45-5)34(32)38)42-36(39-20-22-12-8-9-13-22)25(24)18-27(23)41-35-21(3)11-10-14-26(35)40-31(43)7-2/h7,10-11,14,16-19,22,41H,2,6,8-9,12-13,15,20H2,1,3-5H3,(H,39,42)(H,40,43). The van der Waals surface area contributed by atoms with Crippen molar-refractivity contribution in [2.75, 3.05) is 36.7 Å². The number of nitrogens with one attached hydrogen (secondary N) is 3. The molecule has 2 aliphatic carbocycles. The molecule has 1 heterocycles. The summed E-state index contributed by atoms with van der Waals surface area (Å²) >= 11 is 13.7.